The summed E-state index contributed by atoms with van der Waals surface area (Å²) in [6.45, 7) is 3.53. The molecule has 0 saturated heterocycles. The molecule has 0 fully saturated rings. The number of hydrogen-bond donors (Lipinski definition) is 1. The molecule has 0 bridgehead atoms. The Morgan fingerprint density at radius 2 is 2.08 bits per heavy atom. The lowest BCUT2D eigenvalue weighted by molar-refractivity contribution is 0.313. The smallest absolute Gasteiger partial charge is 0.124 e. The molecule has 0 saturated carbocycles. The Balaban J connectivity index is 1.75. The first kappa shape index (κ1) is 16.8. The van der Waals surface area contributed by atoms with Gasteiger partial charge in [-0.2, -0.15) is 5.10 Å². The summed E-state index contributed by atoms with van der Waals surface area (Å²) in [7, 11) is 0. The minimum absolute atomic E-state index is 0.708. The Morgan fingerprint density at radius 3 is 2.84 bits per heavy atom. The number of imidazole rings is 1. The molecule has 0 amide bonds. The third kappa shape index (κ3) is 4.94. The lowest BCUT2D eigenvalue weighted by atomic mass is 10.1. The van der Waals surface area contributed by atoms with Crippen LogP contribution in [0.15, 0.2) is 72.4 Å². The van der Waals surface area contributed by atoms with Crippen LogP contribution in [0.5, 0.6) is 5.75 Å². The zero-order valence-electron chi connectivity index (χ0n) is 14.3. The second-order valence-corrected chi connectivity index (χ2v) is 5.69. The van der Waals surface area contributed by atoms with E-state index in [-0.39, 0.29) is 0 Å². The van der Waals surface area contributed by atoms with E-state index in [0.29, 0.717) is 13.2 Å². The van der Waals surface area contributed by atoms with Crippen LogP contribution < -0.4 is 10.2 Å². The zero-order valence-corrected chi connectivity index (χ0v) is 14.3. The largest absolute Gasteiger partial charge is 0.493 e. The monoisotopic (exact) mass is 334 g/mol. The van der Waals surface area contributed by atoms with Gasteiger partial charge in [0.2, 0.25) is 0 Å². The van der Waals surface area contributed by atoms with Crippen LogP contribution in [-0.4, -0.2) is 22.4 Å². The molecule has 0 aliphatic heterocycles. The van der Waals surface area contributed by atoms with Gasteiger partial charge in [-0.3, -0.25) is 5.43 Å². The predicted octanol–water partition coefficient (Wildman–Crippen LogP) is 4.17. The zero-order chi connectivity index (χ0) is 17.3. The van der Waals surface area contributed by atoms with E-state index < -0.39 is 0 Å². The lowest BCUT2D eigenvalue weighted by Gasteiger charge is -2.12. The average Bonchev–Trinajstić information content (AvgIpc) is 3.15. The number of aromatic nitrogens is 2. The Morgan fingerprint density at radius 1 is 1.20 bits per heavy atom. The van der Waals surface area contributed by atoms with Gasteiger partial charge in [-0.15, -0.1) is 0 Å². The molecular formula is C20H22N4O. The molecule has 5 heteroatoms. The molecule has 0 spiro atoms. The first-order chi connectivity index (χ1) is 12.3. The fourth-order valence-corrected chi connectivity index (χ4v) is 2.43. The van der Waals surface area contributed by atoms with Crippen molar-refractivity contribution in [3.05, 3.63) is 78.4 Å². The van der Waals surface area contributed by atoms with Crippen LogP contribution in [0.2, 0.25) is 0 Å². The third-order valence-electron chi connectivity index (χ3n) is 3.64. The molecule has 0 radical (unpaired) electrons. The Labute approximate surface area is 148 Å². The fourth-order valence-electron chi connectivity index (χ4n) is 2.43. The molecule has 1 N–H and O–H groups in total. The van der Waals surface area contributed by atoms with Crippen molar-refractivity contribution in [3.63, 3.8) is 0 Å². The number of para-hydroxylation sites is 1. The van der Waals surface area contributed by atoms with E-state index in [1.165, 1.54) is 0 Å². The van der Waals surface area contributed by atoms with Gasteiger partial charge < -0.3 is 9.30 Å². The lowest BCUT2D eigenvalue weighted by Crippen LogP contribution is -2.04. The van der Waals surface area contributed by atoms with Gasteiger partial charge in [-0.25, -0.2) is 4.98 Å². The second kappa shape index (κ2) is 8.68. The highest BCUT2D eigenvalue weighted by Gasteiger charge is 2.06. The third-order valence-corrected chi connectivity index (χ3v) is 3.64. The normalized spacial score (nSPS) is 10.9. The highest BCUT2D eigenvalue weighted by molar-refractivity contribution is 5.81. The summed E-state index contributed by atoms with van der Waals surface area (Å²) in [6, 6.07) is 16.0. The number of hydrazone groups is 1. The van der Waals surface area contributed by atoms with Gasteiger partial charge in [-0.1, -0.05) is 25.1 Å². The molecule has 5 nitrogen and oxygen atoms in total. The highest BCUT2D eigenvalue weighted by Crippen LogP contribution is 2.21. The van der Waals surface area contributed by atoms with Gasteiger partial charge in [0.25, 0.3) is 0 Å². The number of anilines is 1. The van der Waals surface area contributed by atoms with E-state index in [4.69, 9.17) is 4.74 Å². The standard InChI is InChI=1S/C20H22N4O/c1-2-12-25-20-9-8-17(13-18(20)15-24-11-10-21-16-24)14-22-23-19-6-4-3-5-7-19/h3-11,13-14,16,23H,2,12,15H2,1H3. The van der Waals surface area contributed by atoms with E-state index in [9.17, 15) is 0 Å². The first-order valence-electron chi connectivity index (χ1n) is 8.41. The molecule has 1 aromatic heterocycles. The van der Waals surface area contributed by atoms with Crippen molar-refractivity contribution >= 4 is 11.9 Å². The number of nitrogens with zero attached hydrogens (tertiary/aromatic N) is 3. The van der Waals surface area contributed by atoms with E-state index in [1.807, 2.05) is 59.4 Å². The summed E-state index contributed by atoms with van der Waals surface area (Å²) < 4.78 is 7.90. The number of benzene rings is 2. The van der Waals surface area contributed by atoms with E-state index in [1.54, 1.807) is 12.5 Å². The molecule has 3 aromatic rings. The molecular weight excluding hydrogens is 312 g/mol. The molecule has 0 aliphatic rings. The van der Waals surface area contributed by atoms with Gasteiger partial charge in [0.1, 0.15) is 5.75 Å². The predicted molar refractivity (Wildman–Crippen MR) is 101 cm³/mol. The van der Waals surface area contributed by atoms with Crippen LogP contribution in [0.1, 0.15) is 24.5 Å². The van der Waals surface area contributed by atoms with E-state index in [2.05, 4.69) is 28.5 Å². The summed E-state index contributed by atoms with van der Waals surface area (Å²) in [4.78, 5) is 4.10. The molecule has 3 rings (SSSR count). The van der Waals surface area contributed by atoms with Crippen molar-refractivity contribution in [1.82, 2.24) is 9.55 Å². The van der Waals surface area contributed by atoms with Crippen LogP contribution in [0.3, 0.4) is 0 Å². The molecule has 0 atom stereocenters. The Bertz CT molecular complexity index is 798. The number of rotatable bonds is 8. The molecule has 2 aromatic carbocycles. The SMILES string of the molecule is CCCOc1ccc(C=NNc2ccccc2)cc1Cn1ccnc1. The molecule has 1 heterocycles. The van der Waals surface area contributed by atoms with Gasteiger partial charge in [0, 0.05) is 18.0 Å². The van der Waals surface area contributed by atoms with Crippen molar-refractivity contribution in [2.75, 3.05) is 12.0 Å². The van der Waals surface area contributed by atoms with Crippen molar-refractivity contribution in [3.8, 4) is 5.75 Å². The summed E-state index contributed by atoms with van der Waals surface area (Å²) in [5.74, 6) is 0.906. The molecule has 128 valence electrons. The van der Waals surface area contributed by atoms with Crippen LogP contribution in [-0.2, 0) is 6.54 Å². The van der Waals surface area contributed by atoms with Gasteiger partial charge >= 0.3 is 0 Å². The number of ether oxygens (including phenoxy) is 1. The van der Waals surface area contributed by atoms with E-state index in [0.717, 1.165) is 29.0 Å². The van der Waals surface area contributed by atoms with Crippen LogP contribution in [0.25, 0.3) is 0 Å². The summed E-state index contributed by atoms with van der Waals surface area (Å²) in [6.07, 6.45) is 8.33. The van der Waals surface area contributed by atoms with Crippen LogP contribution in [0.4, 0.5) is 5.69 Å². The number of nitrogens with one attached hydrogen (secondary N) is 1. The van der Waals surface area contributed by atoms with Gasteiger partial charge in [0.15, 0.2) is 0 Å². The minimum atomic E-state index is 0.708. The maximum atomic E-state index is 5.87. The van der Waals surface area contributed by atoms with Gasteiger partial charge in [-0.05, 0) is 42.3 Å². The maximum absolute atomic E-state index is 5.87. The topological polar surface area (TPSA) is 51.4 Å². The average molecular weight is 334 g/mol. The fraction of sp³-hybridized carbons (Fsp3) is 0.200. The van der Waals surface area contributed by atoms with E-state index >= 15 is 0 Å². The number of hydrogen-bond acceptors (Lipinski definition) is 4. The molecule has 25 heavy (non-hydrogen) atoms. The summed E-state index contributed by atoms with van der Waals surface area (Å²) in [5, 5.41) is 4.31. The van der Waals surface area contributed by atoms with Crippen LogP contribution in [0, 0.1) is 0 Å². The Kier molecular flexibility index (Phi) is 5.82. The van der Waals surface area contributed by atoms with Crippen molar-refractivity contribution in [2.45, 2.75) is 19.9 Å². The van der Waals surface area contributed by atoms with Crippen molar-refractivity contribution < 1.29 is 4.74 Å². The van der Waals surface area contributed by atoms with Crippen molar-refractivity contribution in [1.29, 1.82) is 0 Å². The molecule has 0 unspecified atom stereocenters. The minimum Gasteiger partial charge on any atom is -0.493 e. The van der Waals surface area contributed by atoms with Crippen molar-refractivity contribution in [2.24, 2.45) is 5.10 Å². The first-order valence-corrected chi connectivity index (χ1v) is 8.41. The molecule has 0 aliphatic carbocycles. The quantitative estimate of drug-likeness (QED) is 0.497. The highest BCUT2D eigenvalue weighted by atomic mass is 16.5. The summed E-state index contributed by atoms with van der Waals surface area (Å²) in [5.41, 5.74) is 6.11. The summed E-state index contributed by atoms with van der Waals surface area (Å²) >= 11 is 0. The Hall–Kier alpha value is -3.08. The maximum Gasteiger partial charge on any atom is 0.124 e. The van der Waals surface area contributed by atoms with Gasteiger partial charge in [0.05, 0.1) is 31.4 Å². The van der Waals surface area contributed by atoms with Crippen LogP contribution >= 0.6 is 0 Å². The second-order valence-electron chi connectivity index (χ2n) is 5.69.